The highest BCUT2D eigenvalue weighted by molar-refractivity contribution is 5.72. The van der Waals surface area contributed by atoms with E-state index in [1.54, 1.807) is 0 Å². The largest absolute Gasteiger partial charge is 0.462 e. The predicted octanol–water partition coefficient (Wildman–Crippen LogP) is 4.26. The number of carbonyl (C=O) groups is 2. The Morgan fingerprint density at radius 1 is 0.957 bits per heavy atom. The van der Waals surface area contributed by atoms with Gasteiger partial charge in [0, 0.05) is 25.7 Å². The molecule has 0 N–H and O–H groups in total. The number of esters is 2. The monoisotopic (exact) mass is 324 g/mol. The Labute approximate surface area is 141 Å². The smallest absolute Gasteiger partial charge is 0.306 e. The first-order chi connectivity index (χ1) is 10.9. The van der Waals surface area contributed by atoms with Crippen molar-refractivity contribution in [1.29, 1.82) is 0 Å². The molecule has 2 atom stereocenters. The lowest BCUT2D eigenvalue weighted by Gasteiger charge is -2.16. The summed E-state index contributed by atoms with van der Waals surface area (Å²) in [5, 5.41) is 0. The van der Waals surface area contributed by atoms with Crippen molar-refractivity contribution in [1.82, 2.24) is 0 Å². The van der Waals surface area contributed by atoms with Gasteiger partial charge in [0.1, 0.15) is 12.2 Å². The fourth-order valence-electron chi connectivity index (χ4n) is 1.69. The molecule has 0 aliphatic rings. The molecular formula is C19H32O4. The molecule has 0 saturated heterocycles. The van der Waals surface area contributed by atoms with Crippen LogP contribution in [0.1, 0.15) is 79.6 Å². The third-order valence-electron chi connectivity index (χ3n) is 3.60. The molecular weight excluding hydrogens is 292 g/mol. The molecule has 2 unspecified atom stereocenters. The van der Waals surface area contributed by atoms with Gasteiger partial charge in [0.25, 0.3) is 0 Å². The fourth-order valence-corrected chi connectivity index (χ4v) is 1.69. The Morgan fingerprint density at radius 2 is 1.57 bits per heavy atom. The average molecular weight is 324 g/mol. The zero-order valence-electron chi connectivity index (χ0n) is 15.3. The first-order valence-electron chi connectivity index (χ1n) is 8.75. The Morgan fingerprint density at radius 3 is 2.09 bits per heavy atom. The maximum Gasteiger partial charge on any atom is 0.306 e. The van der Waals surface area contributed by atoms with Crippen LogP contribution in [0.25, 0.3) is 0 Å². The van der Waals surface area contributed by atoms with E-state index in [0.717, 1.165) is 19.3 Å². The van der Waals surface area contributed by atoms with Gasteiger partial charge < -0.3 is 9.47 Å². The van der Waals surface area contributed by atoms with Crippen molar-refractivity contribution in [3.05, 3.63) is 0 Å². The molecule has 4 heteroatoms. The third kappa shape index (κ3) is 11.7. The van der Waals surface area contributed by atoms with E-state index in [2.05, 4.69) is 18.8 Å². The summed E-state index contributed by atoms with van der Waals surface area (Å²) in [6.07, 6.45) is 3.94. The SMILES string of the molecule is CCCC#CCC(CC)OC(=O)CCCC(=O)OC(C)C(C)C. The van der Waals surface area contributed by atoms with Crippen molar-refractivity contribution in [3.8, 4) is 11.8 Å². The van der Waals surface area contributed by atoms with Crippen LogP contribution in [-0.2, 0) is 19.1 Å². The van der Waals surface area contributed by atoms with Gasteiger partial charge in [0.15, 0.2) is 0 Å². The van der Waals surface area contributed by atoms with Crippen LogP contribution in [0.3, 0.4) is 0 Å². The van der Waals surface area contributed by atoms with Crippen molar-refractivity contribution in [2.45, 2.75) is 91.8 Å². The standard InChI is InChI=1S/C19H32O4/c1-6-8-9-10-12-17(7-2)23-19(21)14-11-13-18(20)22-16(5)15(3)4/h15-17H,6-8,11-14H2,1-5H3. The second-order valence-electron chi connectivity index (χ2n) is 6.12. The van der Waals surface area contributed by atoms with Crippen LogP contribution in [-0.4, -0.2) is 24.1 Å². The summed E-state index contributed by atoms with van der Waals surface area (Å²) in [6, 6.07) is 0. The lowest BCUT2D eigenvalue weighted by molar-refractivity contribution is -0.151. The molecule has 23 heavy (non-hydrogen) atoms. The summed E-state index contributed by atoms with van der Waals surface area (Å²) in [6.45, 7) is 9.94. The molecule has 0 aliphatic heterocycles. The van der Waals surface area contributed by atoms with E-state index < -0.39 is 0 Å². The van der Waals surface area contributed by atoms with E-state index in [-0.39, 0.29) is 37.0 Å². The zero-order valence-corrected chi connectivity index (χ0v) is 15.3. The van der Waals surface area contributed by atoms with Gasteiger partial charge >= 0.3 is 11.9 Å². The van der Waals surface area contributed by atoms with Crippen molar-refractivity contribution < 1.29 is 19.1 Å². The van der Waals surface area contributed by atoms with Gasteiger partial charge in [-0.05, 0) is 32.1 Å². The van der Waals surface area contributed by atoms with Gasteiger partial charge in [0.2, 0.25) is 0 Å². The number of hydrogen-bond acceptors (Lipinski definition) is 4. The number of hydrogen-bond donors (Lipinski definition) is 0. The molecule has 4 nitrogen and oxygen atoms in total. The normalized spacial score (nSPS) is 13.0. The van der Waals surface area contributed by atoms with Crippen LogP contribution in [0.15, 0.2) is 0 Å². The number of carbonyl (C=O) groups excluding carboxylic acids is 2. The van der Waals surface area contributed by atoms with Crippen molar-refractivity contribution >= 4 is 11.9 Å². The van der Waals surface area contributed by atoms with Gasteiger partial charge in [-0.3, -0.25) is 9.59 Å². The topological polar surface area (TPSA) is 52.6 Å². The minimum Gasteiger partial charge on any atom is -0.462 e. The summed E-state index contributed by atoms with van der Waals surface area (Å²) in [7, 11) is 0. The van der Waals surface area contributed by atoms with Crippen molar-refractivity contribution in [2.75, 3.05) is 0 Å². The predicted molar refractivity (Wildman–Crippen MR) is 91.7 cm³/mol. The van der Waals surface area contributed by atoms with Crippen LogP contribution in [0, 0.1) is 17.8 Å². The lowest BCUT2D eigenvalue weighted by Crippen LogP contribution is -2.20. The van der Waals surface area contributed by atoms with E-state index in [4.69, 9.17) is 9.47 Å². The van der Waals surface area contributed by atoms with E-state index in [1.165, 1.54) is 0 Å². The van der Waals surface area contributed by atoms with Crippen LogP contribution in [0.2, 0.25) is 0 Å². The van der Waals surface area contributed by atoms with Crippen LogP contribution >= 0.6 is 0 Å². The molecule has 0 bridgehead atoms. The van der Waals surface area contributed by atoms with Crippen LogP contribution in [0.5, 0.6) is 0 Å². The van der Waals surface area contributed by atoms with Crippen molar-refractivity contribution in [3.63, 3.8) is 0 Å². The molecule has 0 saturated carbocycles. The average Bonchev–Trinajstić information content (AvgIpc) is 2.50. The third-order valence-corrected chi connectivity index (χ3v) is 3.60. The Balaban J connectivity index is 3.96. The molecule has 132 valence electrons. The minimum atomic E-state index is -0.265. The highest BCUT2D eigenvalue weighted by Crippen LogP contribution is 2.10. The molecule has 0 amide bonds. The van der Waals surface area contributed by atoms with Gasteiger partial charge in [-0.25, -0.2) is 0 Å². The first kappa shape index (κ1) is 21.5. The van der Waals surface area contributed by atoms with Gasteiger partial charge in [-0.2, -0.15) is 0 Å². The second-order valence-corrected chi connectivity index (χ2v) is 6.12. The van der Waals surface area contributed by atoms with E-state index in [0.29, 0.717) is 18.8 Å². The quantitative estimate of drug-likeness (QED) is 0.445. The number of rotatable bonds is 10. The molecule has 0 aromatic carbocycles. The Hall–Kier alpha value is -1.50. The van der Waals surface area contributed by atoms with E-state index in [9.17, 15) is 9.59 Å². The highest BCUT2D eigenvalue weighted by atomic mass is 16.5. The summed E-state index contributed by atoms with van der Waals surface area (Å²) >= 11 is 0. The zero-order chi connectivity index (χ0) is 17.7. The maximum atomic E-state index is 11.8. The number of unbranched alkanes of at least 4 members (excludes halogenated alkanes) is 1. The highest BCUT2D eigenvalue weighted by Gasteiger charge is 2.15. The van der Waals surface area contributed by atoms with Gasteiger partial charge in [0.05, 0.1) is 0 Å². The Kier molecular flexibility index (Phi) is 12.1. The molecule has 0 aliphatic carbocycles. The van der Waals surface area contributed by atoms with Crippen LogP contribution < -0.4 is 0 Å². The molecule has 0 aromatic heterocycles. The van der Waals surface area contributed by atoms with Gasteiger partial charge in [-0.15, -0.1) is 5.92 Å². The Bertz CT molecular complexity index is 403. The molecule has 0 heterocycles. The summed E-state index contributed by atoms with van der Waals surface area (Å²) in [5.41, 5.74) is 0. The summed E-state index contributed by atoms with van der Waals surface area (Å²) < 4.78 is 10.7. The second kappa shape index (κ2) is 13.0. The van der Waals surface area contributed by atoms with Gasteiger partial charge in [-0.1, -0.05) is 33.6 Å². The molecule has 0 aromatic rings. The van der Waals surface area contributed by atoms with Crippen molar-refractivity contribution in [2.24, 2.45) is 5.92 Å². The van der Waals surface area contributed by atoms with Crippen LogP contribution in [0.4, 0.5) is 0 Å². The molecule has 0 fully saturated rings. The minimum absolute atomic E-state index is 0.0966. The first-order valence-corrected chi connectivity index (χ1v) is 8.75. The summed E-state index contributed by atoms with van der Waals surface area (Å²) in [5.74, 6) is 5.88. The summed E-state index contributed by atoms with van der Waals surface area (Å²) in [4.78, 5) is 23.4. The maximum absolute atomic E-state index is 11.8. The molecule has 0 rings (SSSR count). The molecule has 0 spiro atoms. The number of ether oxygens (including phenoxy) is 2. The van der Waals surface area contributed by atoms with E-state index >= 15 is 0 Å². The fraction of sp³-hybridized carbons (Fsp3) is 0.789. The lowest BCUT2D eigenvalue weighted by atomic mass is 10.1. The van der Waals surface area contributed by atoms with E-state index in [1.807, 2.05) is 27.7 Å². The molecule has 0 radical (unpaired) electrons.